The predicted octanol–water partition coefficient (Wildman–Crippen LogP) is 3.52. The van der Waals surface area contributed by atoms with Gasteiger partial charge >= 0.3 is 10.2 Å². The van der Waals surface area contributed by atoms with Crippen LogP contribution < -0.4 is 0 Å². The molecule has 6 nitrogen and oxygen atoms in total. The molecule has 0 saturated carbocycles. The lowest BCUT2D eigenvalue weighted by Crippen LogP contribution is -1.90. The van der Waals surface area contributed by atoms with E-state index in [2.05, 4.69) is 33.1 Å². The quantitative estimate of drug-likeness (QED) is 0.445. The Bertz CT molecular complexity index is 299. The van der Waals surface area contributed by atoms with Crippen LogP contribution >= 0.6 is 0 Å². The highest BCUT2D eigenvalue weighted by molar-refractivity contribution is 7.88. The molecule has 0 aliphatic rings. The lowest BCUT2D eigenvalue weighted by atomic mass is 10.3. The maximum Gasteiger partial charge on any atom is 0.397 e. The molecule has 0 radical (unpaired) electrons. The van der Waals surface area contributed by atoms with E-state index in [4.69, 9.17) is 0 Å². The van der Waals surface area contributed by atoms with Crippen LogP contribution in [0.25, 0.3) is 0 Å². The molecular weight excluding hydrogens is 240 g/mol. The molecule has 100 valence electrons. The van der Waals surface area contributed by atoms with Crippen LogP contribution in [0.15, 0.2) is 19.3 Å². The standard InChI is InChI=1S/C10H22N4O2S/c1-3-5-7-9-11-13-17(15,16)14-12-10-8-6-4-2/h3-10H2,1-2H3. The first-order chi connectivity index (χ1) is 8.12. The normalized spacial score (nSPS) is 12.8. The third kappa shape index (κ3) is 11.4. The molecule has 7 heteroatoms. The van der Waals surface area contributed by atoms with Crippen molar-refractivity contribution in [1.82, 2.24) is 0 Å². The molecule has 0 bridgehead atoms. The number of nitrogens with zero attached hydrogens (tertiary/aromatic N) is 4. The monoisotopic (exact) mass is 262 g/mol. The Balaban J connectivity index is 3.86. The maximum absolute atomic E-state index is 11.2. The largest absolute Gasteiger partial charge is 0.397 e. The average molecular weight is 262 g/mol. The van der Waals surface area contributed by atoms with Crippen molar-refractivity contribution in [2.75, 3.05) is 13.1 Å². The summed E-state index contributed by atoms with van der Waals surface area (Å²) in [6.45, 7) is 4.99. The molecule has 0 N–H and O–H groups in total. The molecule has 0 aromatic heterocycles. The van der Waals surface area contributed by atoms with Gasteiger partial charge in [-0.25, -0.2) is 0 Å². The summed E-state index contributed by atoms with van der Waals surface area (Å²) in [6.07, 6.45) is 5.89. The predicted molar refractivity (Wildman–Crippen MR) is 67.4 cm³/mol. The van der Waals surface area contributed by atoms with Crippen molar-refractivity contribution in [3.8, 4) is 0 Å². The van der Waals surface area contributed by atoms with E-state index < -0.39 is 10.2 Å². The van der Waals surface area contributed by atoms with Crippen LogP contribution in [-0.2, 0) is 10.2 Å². The molecule has 0 saturated heterocycles. The van der Waals surface area contributed by atoms with Gasteiger partial charge in [0, 0.05) is 0 Å². The molecule has 0 aliphatic heterocycles. The minimum Gasteiger partial charge on any atom is -0.176 e. The Kier molecular flexibility index (Phi) is 9.80. The molecule has 0 rings (SSSR count). The summed E-state index contributed by atoms with van der Waals surface area (Å²) in [6, 6.07) is 0. The first-order valence-corrected chi connectivity index (χ1v) is 7.54. The second-order valence-corrected chi connectivity index (χ2v) is 4.98. The fourth-order valence-electron chi connectivity index (χ4n) is 1.11. The molecule has 0 heterocycles. The van der Waals surface area contributed by atoms with E-state index in [1.54, 1.807) is 0 Å². The second-order valence-electron chi connectivity index (χ2n) is 3.76. The van der Waals surface area contributed by atoms with E-state index in [-0.39, 0.29) is 0 Å². The van der Waals surface area contributed by atoms with E-state index >= 15 is 0 Å². The van der Waals surface area contributed by atoms with Crippen LogP contribution in [0, 0.1) is 0 Å². The van der Waals surface area contributed by atoms with Crippen molar-refractivity contribution in [3.63, 3.8) is 0 Å². The molecule has 0 unspecified atom stereocenters. The summed E-state index contributed by atoms with van der Waals surface area (Å²) in [5, 5.41) is 7.16. The van der Waals surface area contributed by atoms with Gasteiger partial charge in [-0.1, -0.05) is 39.5 Å². The first kappa shape index (κ1) is 16.1. The zero-order chi connectivity index (χ0) is 13.0. The van der Waals surface area contributed by atoms with E-state index in [1.807, 2.05) is 0 Å². The molecule has 0 aliphatic carbocycles. The maximum atomic E-state index is 11.2. The van der Waals surface area contributed by atoms with Gasteiger partial charge in [0.05, 0.1) is 13.1 Å². The molecule has 0 spiro atoms. The number of rotatable bonds is 10. The van der Waals surface area contributed by atoms with Crippen molar-refractivity contribution < 1.29 is 8.42 Å². The van der Waals surface area contributed by atoms with E-state index in [0.29, 0.717) is 13.1 Å². The number of unbranched alkanes of at least 4 members (excludes halogenated alkanes) is 4. The Morgan fingerprint density at radius 1 is 0.765 bits per heavy atom. The summed E-state index contributed by atoms with van der Waals surface area (Å²) in [5.74, 6) is 0. The van der Waals surface area contributed by atoms with Crippen LogP contribution in [0.1, 0.15) is 52.4 Å². The molecule has 0 fully saturated rings. The minimum atomic E-state index is -3.84. The molecule has 0 atom stereocenters. The fourth-order valence-corrected chi connectivity index (χ4v) is 1.60. The van der Waals surface area contributed by atoms with Crippen molar-refractivity contribution in [2.45, 2.75) is 52.4 Å². The van der Waals surface area contributed by atoms with Gasteiger partial charge in [0.2, 0.25) is 0 Å². The molecule has 0 aromatic rings. The Morgan fingerprint density at radius 2 is 1.18 bits per heavy atom. The van der Waals surface area contributed by atoms with E-state index in [0.717, 1.165) is 38.5 Å². The van der Waals surface area contributed by atoms with Crippen LogP contribution in [-0.4, -0.2) is 21.5 Å². The zero-order valence-electron chi connectivity index (χ0n) is 10.7. The number of hydrogen-bond donors (Lipinski definition) is 0. The highest BCUT2D eigenvalue weighted by Crippen LogP contribution is 2.01. The lowest BCUT2D eigenvalue weighted by molar-refractivity contribution is 0.590. The SMILES string of the molecule is CCCCCN=NS(=O)(=O)N=NCCCCC. The number of hydrogen-bond acceptors (Lipinski definition) is 4. The van der Waals surface area contributed by atoms with Crippen LogP contribution in [0.4, 0.5) is 0 Å². The minimum absolute atomic E-state index is 0.429. The third-order valence-corrected chi connectivity index (χ3v) is 2.69. The topological polar surface area (TPSA) is 83.6 Å². The van der Waals surface area contributed by atoms with Gasteiger partial charge in [-0.2, -0.15) is 18.6 Å². The van der Waals surface area contributed by atoms with Gasteiger partial charge in [-0.3, -0.25) is 0 Å². The lowest BCUT2D eigenvalue weighted by Gasteiger charge is -1.91. The van der Waals surface area contributed by atoms with Crippen LogP contribution in [0.2, 0.25) is 0 Å². The smallest absolute Gasteiger partial charge is 0.176 e. The summed E-state index contributed by atoms with van der Waals surface area (Å²) < 4.78 is 28.7. The molecular formula is C10H22N4O2S. The summed E-state index contributed by atoms with van der Waals surface area (Å²) in [7, 11) is -3.84. The van der Waals surface area contributed by atoms with Crippen LogP contribution in [0.3, 0.4) is 0 Å². The van der Waals surface area contributed by atoms with Crippen molar-refractivity contribution in [3.05, 3.63) is 0 Å². The van der Waals surface area contributed by atoms with Gasteiger partial charge in [-0.05, 0) is 21.9 Å². The van der Waals surface area contributed by atoms with Gasteiger partial charge in [0.25, 0.3) is 0 Å². The van der Waals surface area contributed by atoms with Gasteiger partial charge in [0.15, 0.2) is 0 Å². The zero-order valence-corrected chi connectivity index (χ0v) is 11.5. The van der Waals surface area contributed by atoms with E-state index in [1.165, 1.54) is 0 Å². The van der Waals surface area contributed by atoms with Gasteiger partial charge in [0.1, 0.15) is 0 Å². The van der Waals surface area contributed by atoms with E-state index in [9.17, 15) is 8.42 Å². The Morgan fingerprint density at radius 3 is 1.53 bits per heavy atom. The van der Waals surface area contributed by atoms with Gasteiger partial charge < -0.3 is 0 Å². The first-order valence-electron chi connectivity index (χ1n) is 6.15. The molecule has 0 amide bonds. The summed E-state index contributed by atoms with van der Waals surface area (Å²) in [4.78, 5) is 0. The van der Waals surface area contributed by atoms with Crippen LogP contribution in [0.5, 0.6) is 0 Å². The molecule has 17 heavy (non-hydrogen) atoms. The summed E-state index contributed by atoms with van der Waals surface area (Å²) >= 11 is 0. The van der Waals surface area contributed by atoms with Crippen molar-refractivity contribution in [1.29, 1.82) is 0 Å². The van der Waals surface area contributed by atoms with Crippen molar-refractivity contribution in [2.24, 2.45) is 19.3 Å². The van der Waals surface area contributed by atoms with Gasteiger partial charge in [-0.15, -0.1) is 0 Å². The highest BCUT2D eigenvalue weighted by Gasteiger charge is 2.03. The average Bonchev–Trinajstić information content (AvgIpc) is 2.28. The summed E-state index contributed by atoms with van der Waals surface area (Å²) in [5.41, 5.74) is 0. The third-order valence-electron chi connectivity index (χ3n) is 2.05. The van der Waals surface area contributed by atoms with Crippen molar-refractivity contribution >= 4 is 10.2 Å². The second kappa shape index (κ2) is 10.3. The molecule has 0 aromatic carbocycles. The Hall–Kier alpha value is -0.850. The highest BCUT2D eigenvalue weighted by atomic mass is 32.2. The Labute approximate surface area is 104 Å². The fraction of sp³-hybridized carbons (Fsp3) is 1.00.